The zero-order chi connectivity index (χ0) is 24.7. The van der Waals surface area contributed by atoms with Crippen LogP contribution in [0.25, 0.3) is 11.1 Å². The lowest BCUT2D eigenvalue weighted by Crippen LogP contribution is -2.58. The molecule has 34 heavy (non-hydrogen) atoms. The number of nitrogens with one attached hydrogen (secondary N) is 1. The average Bonchev–Trinajstić information content (AvgIpc) is 2.82. The van der Waals surface area contributed by atoms with Crippen LogP contribution < -0.4 is 11.1 Å². The molecule has 2 aromatic carbocycles. The van der Waals surface area contributed by atoms with E-state index in [2.05, 4.69) is 15.3 Å². The minimum atomic E-state index is -0.921. The quantitative estimate of drug-likeness (QED) is 0.572. The number of carbonyl (C=O) groups is 2. The van der Waals surface area contributed by atoms with Gasteiger partial charge >= 0.3 is 0 Å². The molecule has 1 aromatic heterocycles. The van der Waals surface area contributed by atoms with Gasteiger partial charge < -0.3 is 11.1 Å². The molecule has 0 unspecified atom stereocenters. The van der Waals surface area contributed by atoms with Gasteiger partial charge in [-0.2, -0.15) is 0 Å². The first-order valence-electron chi connectivity index (χ1n) is 10.8. The van der Waals surface area contributed by atoms with E-state index < -0.39 is 11.0 Å². The van der Waals surface area contributed by atoms with Crippen LogP contribution in [0.1, 0.15) is 36.8 Å². The highest BCUT2D eigenvalue weighted by atomic mass is 35.5. The number of carbonyl (C=O) groups excluding carboxylic acids is 2. The van der Waals surface area contributed by atoms with Crippen molar-refractivity contribution in [1.82, 2.24) is 9.88 Å². The third-order valence-corrected chi connectivity index (χ3v) is 6.94. The number of hydrogen-bond acceptors (Lipinski definition) is 5. The van der Waals surface area contributed by atoms with Crippen molar-refractivity contribution in [2.45, 2.75) is 26.3 Å². The Morgan fingerprint density at radius 1 is 1.03 bits per heavy atom. The SMILES string of the molecule is CN1C(=O)C(C)(C)[C@@](C)(c2cccc(NC(=O)c3ncccc3-c3ccccc3Cl)c2)N=C1N. The fraction of sp³-hybridized carbons (Fsp3) is 0.231. The highest BCUT2D eigenvalue weighted by molar-refractivity contribution is 6.33. The summed E-state index contributed by atoms with van der Waals surface area (Å²) in [5, 5.41) is 3.46. The molecule has 0 bridgehead atoms. The molecule has 8 heteroatoms. The number of rotatable bonds is 4. The molecule has 3 N–H and O–H groups in total. The maximum Gasteiger partial charge on any atom is 0.274 e. The first kappa shape index (κ1) is 23.4. The van der Waals surface area contributed by atoms with E-state index in [1.165, 1.54) is 4.90 Å². The smallest absolute Gasteiger partial charge is 0.274 e. The van der Waals surface area contributed by atoms with Crippen LogP contribution >= 0.6 is 11.6 Å². The average molecular weight is 476 g/mol. The van der Waals surface area contributed by atoms with Gasteiger partial charge in [0.25, 0.3) is 5.91 Å². The van der Waals surface area contributed by atoms with Gasteiger partial charge in [0, 0.05) is 35.1 Å². The summed E-state index contributed by atoms with van der Waals surface area (Å²) in [5.41, 5.74) is 7.19. The van der Waals surface area contributed by atoms with Gasteiger partial charge in [-0.25, -0.2) is 4.99 Å². The lowest BCUT2D eigenvalue weighted by atomic mass is 9.68. The Morgan fingerprint density at radius 3 is 2.47 bits per heavy atom. The number of pyridine rings is 1. The summed E-state index contributed by atoms with van der Waals surface area (Å²) in [6, 6.07) is 18.2. The molecule has 174 valence electrons. The summed E-state index contributed by atoms with van der Waals surface area (Å²) in [6.07, 6.45) is 1.57. The molecule has 2 amide bonds. The van der Waals surface area contributed by atoms with Crippen molar-refractivity contribution in [3.63, 3.8) is 0 Å². The predicted molar refractivity (Wildman–Crippen MR) is 135 cm³/mol. The molecule has 0 radical (unpaired) electrons. The molecule has 1 aliphatic heterocycles. The van der Waals surface area contributed by atoms with Crippen LogP contribution in [0.3, 0.4) is 0 Å². The van der Waals surface area contributed by atoms with E-state index in [1.807, 2.05) is 63.2 Å². The van der Waals surface area contributed by atoms with E-state index in [0.29, 0.717) is 16.3 Å². The number of nitrogens with two attached hydrogens (primary N) is 1. The molecule has 0 saturated heterocycles. The highest BCUT2D eigenvalue weighted by Gasteiger charge is 2.52. The fourth-order valence-electron chi connectivity index (χ4n) is 4.17. The van der Waals surface area contributed by atoms with Crippen LogP contribution in [0.2, 0.25) is 5.02 Å². The molecule has 4 rings (SSSR count). The molecule has 7 nitrogen and oxygen atoms in total. The van der Waals surface area contributed by atoms with Crippen LogP contribution in [-0.4, -0.2) is 34.7 Å². The standard InChI is InChI=1S/C26H26ClN5O2/c1-25(2)23(34)32(4)24(28)31-26(25,3)16-9-7-10-17(15-16)30-22(33)21-19(12-8-14-29-21)18-11-5-6-13-20(18)27/h5-15H,1-4H3,(H2,28,31)(H,30,33)/t26-/m1/s1. The number of hydrogen-bond donors (Lipinski definition) is 2. The van der Waals surface area contributed by atoms with Crippen molar-refractivity contribution in [3.8, 4) is 11.1 Å². The van der Waals surface area contributed by atoms with Gasteiger partial charge in [0.1, 0.15) is 11.2 Å². The summed E-state index contributed by atoms with van der Waals surface area (Å²) in [4.78, 5) is 36.6. The van der Waals surface area contributed by atoms with E-state index in [4.69, 9.17) is 17.3 Å². The second-order valence-electron chi connectivity index (χ2n) is 8.95. The Kier molecular flexibility index (Phi) is 5.91. The zero-order valence-corrected chi connectivity index (χ0v) is 20.2. The van der Waals surface area contributed by atoms with Crippen molar-refractivity contribution >= 4 is 35.1 Å². The molecule has 1 atom stereocenters. The molecule has 0 spiro atoms. The summed E-state index contributed by atoms with van der Waals surface area (Å²) in [7, 11) is 1.61. The van der Waals surface area contributed by atoms with Crippen LogP contribution in [0, 0.1) is 5.41 Å². The van der Waals surface area contributed by atoms with E-state index in [1.54, 1.807) is 31.4 Å². The predicted octanol–water partition coefficient (Wildman–Crippen LogP) is 4.68. The Hall–Kier alpha value is -3.71. The van der Waals surface area contributed by atoms with Gasteiger partial charge in [-0.15, -0.1) is 0 Å². The molecule has 1 aliphatic rings. The molecule has 3 aromatic rings. The van der Waals surface area contributed by atoms with Gasteiger partial charge in [0.2, 0.25) is 5.91 Å². The first-order chi connectivity index (χ1) is 16.1. The number of halogens is 1. The number of benzene rings is 2. The second kappa shape index (κ2) is 8.57. The van der Waals surface area contributed by atoms with Crippen molar-refractivity contribution in [3.05, 3.63) is 83.1 Å². The van der Waals surface area contributed by atoms with Crippen molar-refractivity contribution in [2.24, 2.45) is 16.1 Å². The first-order valence-corrected chi connectivity index (χ1v) is 11.2. The lowest BCUT2D eigenvalue weighted by molar-refractivity contribution is -0.140. The van der Waals surface area contributed by atoms with Gasteiger partial charge in [0.15, 0.2) is 5.96 Å². The Morgan fingerprint density at radius 2 is 1.74 bits per heavy atom. The number of nitrogens with zero attached hydrogens (tertiary/aromatic N) is 3. The maximum atomic E-state index is 13.2. The molecular weight excluding hydrogens is 450 g/mol. The third kappa shape index (κ3) is 3.82. The largest absolute Gasteiger partial charge is 0.369 e. The molecule has 2 heterocycles. The summed E-state index contributed by atoms with van der Waals surface area (Å²) in [6.45, 7) is 5.56. The van der Waals surface area contributed by atoms with Gasteiger partial charge in [0.05, 0.1) is 5.41 Å². The van der Waals surface area contributed by atoms with E-state index in [0.717, 1.165) is 11.1 Å². The topological polar surface area (TPSA) is 101 Å². The van der Waals surface area contributed by atoms with Crippen LogP contribution in [-0.2, 0) is 10.3 Å². The maximum absolute atomic E-state index is 13.2. The molecule has 0 aliphatic carbocycles. The summed E-state index contributed by atoms with van der Waals surface area (Å²) in [5.74, 6) is -0.353. The minimum Gasteiger partial charge on any atom is -0.369 e. The highest BCUT2D eigenvalue weighted by Crippen LogP contribution is 2.46. The normalized spacial score (nSPS) is 19.5. The van der Waals surface area contributed by atoms with Gasteiger partial charge in [-0.1, -0.05) is 48.0 Å². The molecular formula is C26H26ClN5O2. The number of amides is 2. The second-order valence-corrected chi connectivity index (χ2v) is 9.35. The third-order valence-electron chi connectivity index (χ3n) is 6.61. The Bertz CT molecular complexity index is 1320. The Balaban J connectivity index is 1.70. The summed E-state index contributed by atoms with van der Waals surface area (Å²) < 4.78 is 0. The van der Waals surface area contributed by atoms with Crippen molar-refractivity contribution < 1.29 is 9.59 Å². The van der Waals surface area contributed by atoms with Crippen LogP contribution in [0.5, 0.6) is 0 Å². The van der Waals surface area contributed by atoms with Gasteiger partial charge in [-0.3, -0.25) is 19.5 Å². The fourth-order valence-corrected chi connectivity index (χ4v) is 4.41. The molecule has 0 fully saturated rings. The van der Waals surface area contributed by atoms with Crippen molar-refractivity contribution in [2.75, 3.05) is 12.4 Å². The number of guanidine groups is 1. The summed E-state index contributed by atoms with van der Waals surface area (Å²) >= 11 is 6.37. The monoisotopic (exact) mass is 475 g/mol. The van der Waals surface area contributed by atoms with Crippen LogP contribution in [0.15, 0.2) is 71.9 Å². The van der Waals surface area contributed by atoms with E-state index >= 15 is 0 Å². The van der Waals surface area contributed by atoms with Gasteiger partial charge in [-0.05, 0) is 50.6 Å². The molecule has 0 saturated carbocycles. The number of aliphatic imine (C=N–C) groups is 1. The number of anilines is 1. The Labute approximate surface area is 203 Å². The zero-order valence-electron chi connectivity index (χ0n) is 19.5. The van der Waals surface area contributed by atoms with E-state index in [-0.39, 0.29) is 23.5 Å². The van der Waals surface area contributed by atoms with E-state index in [9.17, 15) is 9.59 Å². The lowest BCUT2D eigenvalue weighted by Gasteiger charge is -2.46. The number of aromatic nitrogens is 1. The van der Waals surface area contributed by atoms with Crippen LogP contribution in [0.4, 0.5) is 5.69 Å². The minimum absolute atomic E-state index is 0.130. The van der Waals surface area contributed by atoms with Crippen molar-refractivity contribution in [1.29, 1.82) is 0 Å².